The number of carboxylic acids is 1. The maximum atomic E-state index is 13.1. The van der Waals surface area contributed by atoms with Crippen LogP contribution in [0, 0.1) is 11.7 Å². The Morgan fingerprint density at radius 1 is 1.33 bits per heavy atom. The van der Waals surface area contributed by atoms with Gasteiger partial charge in [0.1, 0.15) is 5.82 Å². The molecule has 1 aromatic carbocycles. The summed E-state index contributed by atoms with van der Waals surface area (Å²) in [6.45, 7) is 1.91. The van der Waals surface area contributed by atoms with Gasteiger partial charge in [-0.3, -0.25) is 9.59 Å². The first-order valence-electron chi connectivity index (χ1n) is 7.86. The molecule has 126 valence electrons. The van der Waals surface area contributed by atoms with Gasteiger partial charge < -0.3 is 10.4 Å². The quantitative estimate of drug-likeness (QED) is 0.879. The predicted octanol–water partition coefficient (Wildman–Crippen LogP) is 2.17. The van der Waals surface area contributed by atoms with Crippen molar-refractivity contribution in [2.75, 3.05) is 0 Å². The number of aromatic nitrogens is 2. The smallest absolute Gasteiger partial charge is 0.306 e. The largest absolute Gasteiger partial charge is 0.481 e. The normalized spacial score (nSPS) is 19.6. The average molecular weight is 331 g/mol. The second-order valence-corrected chi connectivity index (χ2v) is 5.92. The number of aliphatic carboxylic acids is 1. The zero-order valence-electron chi connectivity index (χ0n) is 13.2. The van der Waals surface area contributed by atoms with Gasteiger partial charge in [-0.15, -0.1) is 0 Å². The maximum absolute atomic E-state index is 13.1. The highest BCUT2D eigenvalue weighted by atomic mass is 19.1. The van der Waals surface area contributed by atoms with Crippen molar-refractivity contribution in [1.82, 2.24) is 15.1 Å². The number of carbonyl (C=O) groups is 2. The van der Waals surface area contributed by atoms with Crippen molar-refractivity contribution in [3.8, 4) is 5.69 Å². The first-order valence-corrected chi connectivity index (χ1v) is 7.86. The number of carbonyl (C=O) groups excluding carboxylic acids is 1. The molecule has 0 spiro atoms. The van der Waals surface area contributed by atoms with Crippen molar-refractivity contribution >= 4 is 11.9 Å². The van der Waals surface area contributed by atoms with Crippen molar-refractivity contribution < 1.29 is 19.1 Å². The molecule has 1 heterocycles. The Kier molecular flexibility index (Phi) is 4.33. The van der Waals surface area contributed by atoms with E-state index >= 15 is 0 Å². The number of carboxylic acid groups (broad SMARTS) is 1. The number of amides is 1. The predicted molar refractivity (Wildman–Crippen MR) is 84.5 cm³/mol. The first-order chi connectivity index (χ1) is 11.5. The second-order valence-electron chi connectivity index (χ2n) is 5.92. The van der Waals surface area contributed by atoms with Crippen LogP contribution < -0.4 is 5.32 Å². The molecule has 1 aliphatic carbocycles. The minimum atomic E-state index is -0.820. The van der Waals surface area contributed by atoms with Crippen molar-refractivity contribution in [3.63, 3.8) is 0 Å². The molecule has 0 atom stereocenters. The number of benzene rings is 1. The number of hydrogen-bond donors (Lipinski definition) is 2. The van der Waals surface area contributed by atoms with Crippen molar-refractivity contribution in [2.24, 2.45) is 5.92 Å². The number of nitrogens with zero attached hydrogens (tertiary/aromatic N) is 2. The van der Waals surface area contributed by atoms with Crippen molar-refractivity contribution in [3.05, 3.63) is 47.5 Å². The summed E-state index contributed by atoms with van der Waals surface area (Å²) in [4.78, 5) is 23.2. The lowest BCUT2D eigenvalue weighted by Crippen LogP contribution is -2.46. The topological polar surface area (TPSA) is 84.2 Å². The van der Waals surface area contributed by atoms with Gasteiger partial charge in [-0.2, -0.15) is 5.10 Å². The fourth-order valence-electron chi connectivity index (χ4n) is 2.91. The third kappa shape index (κ3) is 3.02. The molecule has 1 saturated carbocycles. The van der Waals surface area contributed by atoms with Crippen molar-refractivity contribution in [1.29, 1.82) is 0 Å². The van der Waals surface area contributed by atoms with E-state index in [9.17, 15) is 14.0 Å². The Labute approximate surface area is 138 Å². The molecule has 0 radical (unpaired) electrons. The van der Waals surface area contributed by atoms with E-state index in [1.807, 2.05) is 6.92 Å². The summed E-state index contributed by atoms with van der Waals surface area (Å²) in [5, 5.41) is 16.0. The molecule has 1 aromatic heterocycles. The van der Waals surface area contributed by atoms with Gasteiger partial charge in [-0.25, -0.2) is 9.07 Å². The van der Waals surface area contributed by atoms with Crippen LogP contribution in [0.15, 0.2) is 30.5 Å². The van der Waals surface area contributed by atoms with Crippen LogP contribution in [0.25, 0.3) is 5.69 Å². The summed E-state index contributed by atoms with van der Waals surface area (Å²) in [5.41, 5.74) is 1.87. The van der Waals surface area contributed by atoms with E-state index in [2.05, 4.69) is 10.4 Å². The molecule has 7 heteroatoms. The van der Waals surface area contributed by atoms with Gasteiger partial charge in [-0.1, -0.05) is 6.92 Å². The molecule has 6 nitrogen and oxygen atoms in total. The van der Waals surface area contributed by atoms with Crippen LogP contribution in [0.3, 0.4) is 0 Å². The van der Waals surface area contributed by atoms with Crippen LogP contribution in [0.2, 0.25) is 0 Å². The second kappa shape index (κ2) is 6.43. The van der Waals surface area contributed by atoms with E-state index in [0.717, 1.165) is 5.69 Å². The van der Waals surface area contributed by atoms with Crippen LogP contribution in [0.4, 0.5) is 4.39 Å². The highest BCUT2D eigenvalue weighted by Crippen LogP contribution is 2.28. The van der Waals surface area contributed by atoms with Gasteiger partial charge in [0, 0.05) is 6.04 Å². The minimum Gasteiger partial charge on any atom is -0.481 e. The monoisotopic (exact) mass is 331 g/mol. The molecule has 0 aliphatic heterocycles. The van der Waals surface area contributed by atoms with Gasteiger partial charge in [0.05, 0.1) is 29.1 Å². The highest BCUT2D eigenvalue weighted by Gasteiger charge is 2.35. The molecule has 1 amide bonds. The lowest BCUT2D eigenvalue weighted by atomic mass is 9.80. The Balaban J connectivity index is 1.75. The number of halogens is 1. The number of nitrogens with one attached hydrogen (secondary N) is 1. The molecule has 24 heavy (non-hydrogen) atoms. The molecule has 0 saturated heterocycles. The van der Waals surface area contributed by atoms with Crippen molar-refractivity contribution in [2.45, 2.75) is 32.2 Å². The zero-order valence-corrected chi connectivity index (χ0v) is 13.2. The van der Waals surface area contributed by atoms with Gasteiger partial charge in [0.2, 0.25) is 0 Å². The summed E-state index contributed by atoms with van der Waals surface area (Å²) in [6, 6.07) is 5.78. The molecule has 1 aliphatic rings. The maximum Gasteiger partial charge on any atom is 0.306 e. The first kappa shape index (κ1) is 16.2. The average Bonchev–Trinajstić information content (AvgIpc) is 2.94. The van der Waals surface area contributed by atoms with Crippen LogP contribution in [-0.4, -0.2) is 32.8 Å². The Morgan fingerprint density at radius 3 is 2.58 bits per heavy atom. The van der Waals surface area contributed by atoms with Gasteiger partial charge >= 0.3 is 5.97 Å². The Hall–Kier alpha value is -2.70. The molecule has 2 aromatic rings. The van der Waals surface area contributed by atoms with Crippen LogP contribution >= 0.6 is 0 Å². The van der Waals surface area contributed by atoms with Crippen LogP contribution in [0.1, 0.15) is 35.8 Å². The SMILES string of the molecule is CCc1c(C(=O)NC2CC(C(=O)O)C2)cnn1-c1ccc(F)cc1. The van der Waals surface area contributed by atoms with E-state index in [1.165, 1.54) is 18.3 Å². The Morgan fingerprint density at radius 2 is 2.00 bits per heavy atom. The van der Waals surface area contributed by atoms with Crippen LogP contribution in [0.5, 0.6) is 0 Å². The molecule has 1 fully saturated rings. The van der Waals surface area contributed by atoms with Gasteiger partial charge in [-0.05, 0) is 43.5 Å². The van der Waals surface area contributed by atoms with Crippen LogP contribution in [-0.2, 0) is 11.2 Å². The lowest BCUT2D eigenvalue weighted by Gasteiger charge is -2.32. The molecule has 0 unspecified atom stereocenters. The third-order valence-electron chi connectivity index (χ3n) is 4.34. The summed E-state index contributed by atoms with van der Waals surface area (Å²) in [7, 11) is 0. The van der Waals surface area contributed by atoms with Gasteiger partial charge in [0.25, 0.3) is 5.91 Å². The lowest BCUT2D eigenvalue weighted by molar-refractivity contribution is -0.145. The molecule has 2 N–H and O–H groups in total. The molecule has 0 bridgehead atoms. The molecular weight excluding hydrogens is 313 g/mol. The number of hydrogen-bond acceptors (Lipinski definition) is 3. The van der Waals surface area contributed by atoms with E-state index < -0.39 is 5.97 Å². The summed E-state index contributed by atoms with van der Waals surface area (Å²) < 4.78 is 14.7. The summed E-state index contributed by atoms with van der Waals surface area (Å²) in [5.74, 6) is -1.78. The summed E-state index contributed by atoms with van der Waals surface area (Å²) in [6.07, 6.45) is 2.98. The zero-order chi connectivity index (χ0) is 17.3. The third-order valence-corrected chi connectivity index (χ3v) is 4.34. The summed E-state index contributed by atoms with van der Waals surface area (Å²) >= 11 is 0. The van der Waals surface area contributed by atoms with E-state index in [4.69, 9.17) is 5.11 Å². The van der Waals surface area contributed by atoms with E-state index in [0.29, 0.717) is 30.5 Å². The molecular formula is C17H18FN3O3. The fourth-order valence-corrected chi connectivity index (χ4v) is 2.91. The Bertz CT molecular complexity index is 764. The van der Waals surface area contributed by atoms with E-state index in [-0.39, 0.29) is 23.7 Å². The highest BCUT2D eigenvalue weighted by molar-refractivity contribution is 5.95. The van der Waals surface area contributed by atoms with E-state index in [1.54, 1.807) is 16.8 Å². The minimum absolute atomic E-state index is 0.113. The standard InChI is InChI=1S/C17H18FN3O3/c1-2-15-14(16(22)20-12-7-10(8-12)17(23)24)9-19-21(15)13-5-3-11(18)4-6-13/h3-6,9-10,12H,2,7-8H2,1H3,(H,20,22)(H,23,24). The van der Waals surface area contributed by atoms with Gasteiger partial charge in [0.15, 0.2) is 0 Å². The molecule has 3 rings (SSSR count). The fraction of sp³-hybridized carbons (Fsp3) is 0.353. The number of rotatable bonds is 5.